The molecule has 0 fully saturated rings. The van der Waals surface area contributed by atoms with E-state index in [1.807, 2.05) is 18.4 Å². The van der Waals surface area contributed by atoms with Crippen LogP contribution in [0.25, 0.3) is 11.3 Å². The maximum atomic E-state index is 12.8. The summed E-state index contributed by atoms with van der Waals surface area (Å²) in [5.74, 6) is 0.740. The van der Waals surface area contributed by atoms with Crippen molar-refractivity contribution in [3.05, 3.63) is 48.2 Å². The van der Waals surface area contributed by atoms with Gasteiger partial charge in [-0.1, -0.05) is 5.16 Å². The molecule has 1 aromatic carbocycles. The van der Waals surface area contributed by atoms with Crippen LogP contribution < -0.4 is 9.46 Å². The van der Waals surface area contributed by atoms with Gasteiger partial charge in [-0.2, -0.15) is 0 Å². The van der Waals surface area contributed by atoms with Crippen LogP contribution in [0.3, 0.4) is 0 Å². The molecule has 3 aromatic rings. The number of sulfonamides is 1. The first-order valence-electron chi connectivity index (χ1n) is 7.99. The molecule has 0 unspecified atom stereocenters. The first-order valence-corrected chi connectivity index (χ1v) is 9.48. The molecule has 138 valence electrons. The lowest BCUT2D eigenvalue weighted by atomic mass is 10.2. The lowest BCUT2D eigenvalue weighted by Gasteiger charge is -2.12. The predicted molar refractivity (Wildman–Crippen MR) is 95.4 cm³/mol. The summed E-state index contributed by atoms with van der Waals surface area (Å²) >= 11 is 0. The molecule has 26 heavy (non-hydrogen) atoms. The van der Waals surface area contributed by atoms with Crippen molar-refractivity contribution in [1.82, 2.24) is 19.4 Å². The molecule has 0 saturated heterocycles. The highest BCUT2D eigenvalue weighted by molar-refractivity contribution is 7.89. The Morgan fingerprint density at radius 1 is 1.27 bits per heavy atom. The summed E-state index contributed by atoms with van der Waals surface area (Å²) in [7, 11) is -2.33. The van der Waals surface area contributed by atoms with Crippen LogP contribution in [0.1, 0.15) is 11.4 Å². The molecule has 0 aliphatic carbocycles. The third-order valence-electron chi connectivity index (χ3n) is 4.17. The number of imidazole rings is 1. The lowest BCUT2D eigenvalue weighted by Crippen LogP contribution is -2.28. The van der Waals surface area contributed by atoms with Crippen LogP contribution in [-0.4, -0.2) is 36.8 Å². The molecule has 0 amide bonds. The summed E-state index contributed by atoms with van der Waals surface area (Å²) in [5, 5.41) is 3.65. The molecule has 8 nitrogen and oxygen atoms in total. The quantitative estimate of drug-likeness (QED) is 0.678. The van der Waals surface area contributed by atoms with Gasteiger partial charge in [-0.15, -0.1) is 0 Å². The fourth-order valence-corrected chi connectivity index (χ4v) is 3.77. The number of nitrogens with one attached hydrogen (secondary N) is 1. The first-order chi connectivity index (χ1) is 12.4. The Balaban J connectivity index is 1.81. The monoisotopic (exact) mass is 376 g/mol. The molecule has 1 N–H and O–H groups in total. The number of ether oxygens (including phenoxy) is 1. The Hall–Kier alpha value is -2.65. The fourth-order valence-electron chi connectivity index (χ4n) is 2.55. The summed E-state index contributed by atoms with van der Waals surface area (Å²) < 4.78 is 40.3. The van der Waals surface area contributed by atoms with Crippen molar-refractivity contribution in [2.45, 2.75) is 25.3 Å². The minimum Gasteiger partial charge on any atom is -0.495 e. The number of benzene rings is 1. The average Bonchev–Trinajstić information content (AvgIpc) is 3.27. The van der Waals surface area contributed by atoms with Gasteiger partial charge in [0.2, 0.25) is 10.0 Å². The number of methoxy groups -OCH3 is 1. The van der Waals surface area contributed by atoms with Crippen molar-refractivity contribution in [1.29, 1.82) is 0 Å². The molecule has 9 heteroatoms. The van der Waals surface area contributed by atoms with Crippen molar-refractivity contribution in [3.8, 4) is 17.1 Å². The molecular weight excluding hydrogens is 356 g/mol. The first kappa shape index (κ1) is 18.2. The zero-order chi connectivity index (χ0) is 18.7. The maximum Gasteiger partial charge on any atom is 0.244 e. The number of aromatic nitrogens is 3. The highest BCUT2D eigenvalue weighted by atomic mass is 32.2. The van der Waals surface area contributed by atoms with Gasteiger partial charge in [0.05, 0.1) is 25.3 Å². The number of hydrogen-bond donors (Lipinski definition) is 1. The topological polar surface area (TPSA) is 99.3 Å². The zero-order valence-corrected chi connectivity index (χ0v) is 15.6. The summed E-state index contributed by atoms with van der Waals surface area (Å²) in [4.78, 5) is 4.25. The van der Waals surface area contributed by atoms with Crippen LogP contribution in [0.5, 0.6) is 5.75 Å². The summed E-state index contributed by atoms with van der Waals surface area (Å²) in [6.45, 7) is 4.57. The van der Waals surface area contributed by atoms with Gasteiger partial charge in [0, 0.05) is 30.4 Å². The molecule has 0 radical (unpaired) electrons. The van der Waals surface area contributed by atoms with Gasteiger partial charge in [0.1, 0.15) is 10.6 Å². The Kier molecular flexibility index (Phi) is 5.10. The Labute approximate surface area is 151 Å². The summed E-state index contributed by atoms with van der Waals surface area (Å²) in [5.41, 5.74) is 2.54. The SMILES string of the molecule is COc1ccc(-c2ccno2)cc1S(=O)(=O)NCCn1cnc(C)c1C. The molecule has 3 rings (SSSR count). The van der Waals surface area contributed by atoms with E-state index in [2.05, 4.69) is 14.9 Å². The van der Waals surface area contributed by atoms with Gasteiger partial charge in [0.15, 0.2) is 5.76 Å². The van der Waals surface area contributed by atoms with Crippen molar-refractivity contribution < 1.29 is 17.7 Å². The Morgan fingerprint density at radius 3 is 2.69 bits per heavy atom. The second-order valence-electron chi connectivity index (χ2n) is 5.75. The van der Waals surface area contributed by atoms with E-state index in [0.717, 1.165) is 11.4 Å². The van der Waals surface area contributed by atoms with E-state index >= 15 is 0 Å². The van der Waals surface area contributed by atoms with E-state index in [4.69, 9.17) is 9.26 Å². The van der Waals surface area contributed by atoms with E-state index in [0.29, 0.717) is 17.9 Å². The molecule has 2 aromatic heterocycles. The van der Waals surface area contributed by atoms with E-state index < -0.39 is 10.0 Å². The van der Waals surface area contributed by atoms with Gasteiger partial charge in [-0.05, 0) is 32.0 Å². The summed E-state index contributed by atoms with van der Waals surface area (Å²) in [6.07, 6.45) is 3.20. The van der Waals surface area contributed by atoms with E-state index in [-0.39, 0.29) is 17.2 Å². The van der Waals surface area contributed by atoms with Crippen molar-refractivity contribution in [2.75, 3.05) is 13.7 Å². The van der Waals surface area contributed by atoms with Gasteiger partial charge in [-0.25, -0.2) is 18.1 Å². The standard InChI is InChI=1S/C17H20N4O4S/c1-12-13(2)21(11-18-12)9-8-20-26(22,23)17-10-14(4-5-16(17)24-3)15-6-7-19-25-15/h4-7,10-11,20H,8-9H2,1-3H3. The van der Waals surface area contributed by atoms with Crippen molar-refractivity contribution >= 4 is 10.0 Å². The highest BCUT2D eigenvalue weighted by Gasteiger charge is 2.21. The minimum absolute atomic E-state index is 0.0485. The molecular formula is C17H20N4O4S. The van der Waals surface area contributed by atoms with Crippen LogP contribution >= 0.6 is 0 Å². The Bertz CT molecular complexity index is 994. The number of hydrogen-bond acceptors (Lipinski definition) is 6. The van der Waals surface area contributed by atoms with Crippen LogP contribution in [0.2, 0.25) is 0 Å². The van der Waals surface area contributed by atoms with E-state index in [1.54, 1.807) is 24.5 Å². The molecule has 0 aliphatic heterocycles. The maximum absolute atomic E-state index is 12.8. The second kappa shape index (κ2) is 7.30. The largest absolute Gasteiger partial charge is 0.495 e. The minimum atomic E-state index is -3.76. The smallest absolute Gasteiger partial charge is 0.244 e. The van der Waals surface area contributed by atoms with Crippen LogP contribution in [0.15, 0.2) is 46.2 Å². The van der Waals surface area contributed by atoms with Gasteiger partial charge >= 0.3 is 0 Å². The average molecular weight is 376 g/mol. The highest BCUT2D eigenvalue weighted by Crippen LogP contribution is 2.29. The predicted octanol–water partition coefficient (Wildman–Crippen LogP) is 2.14. The molecule has 0 aliphatic rings. The van der Waals surface area contributed by atoms with Gasteiger partial charge in [0.25, 0.3) is 0 Å². The summed E-state index contributed by atoms with van der Waals surface area (Å²) in [6, 6.07) is 6.48. The number of aryl methyl sites for hydroxylation is 1. The lowest BCUT2D eigenvalue weighted by molar-refractivity contribution is 0.402. The fraction of sp³-hybridized carbons (Fsp3) is 0.294. The van der Waals surface area contributed by atoms with Crippen molar-refractivity contribution in [2.24, 2.45) is 0 Å². The second-order valence-corrected chi connectivity index (χ2v) is 7.48. The van der Waals surface area contributed by atoms with Crippen molar-refractivity contribution in [3.63, 3.8) is 0 Å². The third-order valence-corrected chi connectivity index (χ3v) is 5.65. The molecule has 0 atom stereocenters. The molecule has 0 saturated carbocycles. The number of nitrogens with zero attached hydrogens (tertiary/aromatic N) is 3. The Morgan fingerprint density at radius 2 is 2.08 bits per heavy atom. The van der Waals surface area contributed by atoms with E-state index in [1.165, 1.54) is 19.4 Å². The van der Waals surface area contributed by atoms with Crippen LogP contribution in [-0.2, 0) is 16.6 Å². The number of rotatable bonds is 7. The van der Waals surface area contributed by atoms with Crippen LogP contribution in [0, 0.1) is 13.8 Å². The van der Waals surface area contributed by atoms with Crippen LogP contribution in [0.4, 0.5) is 0 Å². The van der Waals surface area contributed by atoms with E-state index in [9.17, 15) is 8.42 Å². The third kappa shape index (κ3) is 3.63. The zero-order valence-electron chi connectivity index (χ0n) is 14.8. The van der Waals surface area contributed by atoms with Gasteiger partial charge in [-0.3, -0.25) is 0 Å². The molecule has 0 bridgehead atoms. The normalized spacial score (nSPS) is 11.7. The molecule has 2 heterocycles. The molecule has 0 spiro atoms. The van der Waals surface area contributed by atoms with Gasteiger partial charge < -0.3 is 13.8 Å².